The lowest BCUT2D eigenvalue weighted by Crippen LogP contribution is -2.43. The van der Waals surface area contributed by atoms with Crippen LogP contribution in [0.1, 0.15) is 41.8 Å². The molecule has 98 valence electrons. The highest BCUT2D eigenvalue weighted by Gasteiger charge is 2.31. The molecule has 1 aliphatic carbocycles. The maximum absolute atomic E-state index is 12.1. The summed E-state index contributed by atoms with van der Waals surface area (Å²) in [6.07, 6.45) is 6.94. The Morgan fingerprint density at radius 1 is 1.28 bits per heavy atom. The molecule has 1 aliphatic heterocycles. The molecule has 0 spiro atoms. The van der Waals surface area contributed by atoms with Gasteiger partial charge in [0.25, 0.3) is 0 Å². The van der Waals surface area contributed by atoms with Crippen molar-refractivity contribution >= 4 is 17.1 Å². The number of carbonyl (C=O) groups is 1. The molecule has 2 nitrogen and oxygen atoms in total. The molecular formula is C15H21NOS. The summed E-state index contributed by atoms with van der Waals surface area (Å²) in [6, 6.07) is 3.91. The topological polar surface area (TPSA) is 20.3 Å². The van der Waals surface area contributed by atoms with Gasteiger partial charge >= 0.3 is 0 Å². The summed E-state index contributed by atoms with van der Waals surface area (Å²) < 4.78 is 0. The van der Waals surface area contributed by atoms with E-state index in [0.29, 0.717) is 12.3 Å². The molecule has 2 fully saturated rings. The SMILES string of the molecule is O=C(CN1CCC2CCCCC2C1)c1cccs1. The Bertz CT molecular complexity index is 401. The number of rotatable bonds is 3. The lowest BCUT2D eigenvalue weighted by Gasteiger charge is -2.41. The van der Waals surface area contributed by atoms with Crippen molar-refractivity contribution in [3.63, 3.8) is 0 Å². The number of hydrogen-bond acceptors (Lipinski definition) is 3. The average Bonchev–Trinajstić information content (AvgIpc) is 2.92. The summed E-state index contributed by atoms with van der Waals surface area (Å²) in [5, 5.41) is 1.99. The van der Waals surface area contributed by atoms with E-state index in [1.165, 1.54) is 32.1 Å². The second-order valence-corrected chi connectivity index (χ2v) is 6.68. The maximum Gasteiger partial charge on any atom is 0.186 e. The third-order valence-corrected chi connectivity index (χ3v) is 5.45. The van der Waals surface area contributed by atoms with Crippen LogP contribution in [0.2, 0.25) is 0 Å². The van der Waals surface area contributed by atoms with Gasteiger partial charge in [-0.1, -0.05) is 25.3 Å². The summed E-state index contributed by atoms with van der Waals surface area (Å²) in [5.41, 5.74) is 0. The zero-order valence-electron chi connectivity index (χ0n) is 10.8. The van der Waals surface area contributed by atoms with Crippen LogP contribution in [0, 0.1) is 11.8 Å². The summed E-state index contributed by atoms with van der Waals surface area (Å²) in [5.74, 6) is 2.12. The molecule has 1 aromatic heterocycles. The Kier molecular flexibility index (Phi) is 3.80. The van der Waals surface area contributed by atoms with E-state index in [-0.39, 0.29) is 0 Å². The Balaban J connectivity index is 1.56. The van der Waals surface area contributed by atoms with E-state index in [0.717, 1.165) is 29.8 Å². The second kappa shape index (κ2) is 5.54. The minimum absolute atomic E-state index is 0.305. The molecule has 1 aromatic rings. The van der Waals surface area contributed by atoms with Crippen LogP contribution >= 0.6 is 11.3 Å². The van der Waals surface area contributed by atoms with Gasteiger partial charge < -0.3 is 0 Å². The van der Waals surface area contributed by atoms with Gasteiger partial charge in [0, 0.05) is 6.54 Å². The molecule has 2 heterocycles. The predicted octanol–water partition coefficient (Wildman–Crippen LogP) is 3.44. The van der Waals surface area contributed by atoms with Crippen LogP contribution in [0.3, 0.4) is 0 Å². The molecular weight excluding hydrogens is 242 g/mol. The van der Waals surface area contributed by atoms with Crippen LogP contribution in [-0.4, -0.2) is 30.3 Å². The number of hydrogen-bond donors (Lipinski definition) is 0. The molecule has 0 amide bonds. The fraction of sp³-hybridized carbons (Fsp3) is 0.667. The van der Waals surface area contributed by atoms with Gasteiger partial charge in [-0.2, -0.15) is 0 Å². The van der Waals surface area contributed by atoms with Crippen molar-refractivity contribution in [2.24, 2.45) is 11.8 Å². The van der Waals surface area contributed by atoms with Gasteiger partial charge in [-0.3, -0.25) is 9.69 Å². The lowest BCUT2D eigenvalue weighted by molar-refractivity contribution is 0.0715. The van der Waals surface area contributed by atoms with Gasteiger partial charge in [-0.15, -0.1) is 11.3 Å². The first-order valence-corrected chi connectivity index (χ1v) is 8.00. The van der Waals surface area contributed by atoms with Gasteiger partial charge in [0.05, 0.1) is 11.4 Å². The smallest absolute Gasteiger partial charge is 0.186 e. The average molecular weight is 263 g/mol. The molecule has 2 aliphatic rings. The third kappa shape index (κ3) is 2.67. The Labute approximate surface area is 113 Å². The zero-order valence-corrected chi connectivity index (χ0v) is 11.6. The van der Waals surface area contributed by atoms with Crippen molar-refractivity contribution in [1.82, 2.24) is 4.90 Å². The minimum Gasteiger partial charge on any atom is -0.295 e. The van der Waals surface area contributed by atoms with Crippen molar-refractivity contribution in [1.29, 1.82) is 0 Å². The van der Waals surface area contributed by atoms with Crippen molar-refractivity contribution in [2.75, 3.05) is 19.6 Å². The van der Waals surface area contributed by atoms with Crippen molar-refractivity contribution in [3.8, 4) is 0 Å². The molecule has 0 aromatic carbocycles. The largest absolute Gasteiger partial charge is 0.295 e. The fourth-order valence-electron chi connectivity index (χ4n) is 3.54. The highest BCUT2D eigenvalue weighted by molar-refractivity contribution is 7.12. The number of nitrogens with zero attached hydrogens (tertiary/aromatic N) is 1. The van der Waals surface area contributed by atoms with E-state index in [1.807, 2.05) is 17.5 Å². The Morgan fingerprint density at radius 3 is 2.89 bits per heavy atom. The standard InChI is InChI=1S/C15H21NOS/c17-14(15-6-3-9-18-15)11-16-8-7-12-4-1-2-5-13(12)10-16/h3,6,9,12-13H,1-2,4-5,7-8,10-11H2. The van der Waals surface area contributed by atoms with Gasteiger partial charge in [0.15, 0.2) is 5.78 Å². The van der Waals surface area contributed by atoms with Crippen molar-refractivity contribution in [2.45, 2.75) is 32.1 Å². The Morgan fingerprint density at radius 2 is 2.11 bits per heavy atom. The van der Waals surface area contributed by atoms with Crippen LogP contribution in [0.4, 0.5) is 0 Å². The van der Waals surface area contributed by atoms with Crippen LogP contribution in [0.5, 0.6) is 0 Å². The van der Waals surface area contributed by atoms with E-state index in [1.54, 1.807) is 11.3 Å². The summed E-state index contributed by atoms with van der Waals surface area (Å²) in [7, 11) is 0. The molecule has 18 heavy (non-hydrogen) atoms. The van der Waals surface area contributed by atoms with Crippen LogP contribution in [-0.2, 0) is 0 Å². The molecule has 0 radical (unpaired) electrons. The lowest BCUT2D eigenvalue weighted by atomic mass is 9.75. The summed E-state index contributed by atoms with van der Waals surface area (Å²) >= 11 is 1.57. The number of piperidine rings is 1. The minimum atomic E-state index is 0.305. The van der Waals surface area contributed by atoms with Gasteiger partial charge in [0.1, 0.15) is 0 Å². The molecule has 3 heteroatoms. The zero-order chi connectivity index (χ0) is 12.4. The highest BCUT2D eigenvalue weighted by Crippen LogP contribution is 2.36. The first-order valence-electron chi connectivity index (χ1n) is 7.12. The molecule has 2 atom stereocenters. The monoisotopic (exact) mass is 263 g/mol. The van der Waals surface area contributed by atoms with Crippen molar-refractivity contribution in [3.05, 3.63) is 22.4 Å². The summed E-state index contributed by atoms with van der Waals surface area (Å²) in [4.78, 5) is 15.4. The van der Waals surface area contributed by atoms with E-state index >= 15 is 0 Å². The third-order valence-electron chi connectivity index (χ3n) is 4.54. The van der Waals surface area contributed by atoms with Gasteiger partial charge in [-0.25, -0.2) is 0 Å². The van der Waals surface area contributed by atoms with E-state index in [9.17, 15) is 4.79 Å². The molecule has 1 saturated carbocycles. The quantitative estimate of drug-likeness (QED) is 0.779. The number of Topliss-reactive ketones (excluding diaryl/α,β-unsaturated/α-hetero) is 1. The number of fused-ring (bicyclic) bond motifs is 1. The molecule has 0 N–H and O–H groups in total. The van der Waals surface area contributed by atoms with Gasteiger partial charge in [0.2, 0.25) is 0 Å². The van der Waals surface area contributed by atoms with Crippen LogP contribution in [0.25, 0.3) is 0 Å². The van der Waals surface area contributed by atoms with Crippen molar-refractivity contribution < 1.29 is 4.79 Å². The Hall–Kier alpha value is -0.670. The highest BCUT2D eigenvalue weighted by atomic mass is 32.1. The predicted molar refractivity (Wildman–Crippen MR) is 75.2 cm³/mol. The number of thiophene rings is 1. The molecule has 1 saturated heterocycles. The number of carbonyl (C=O) groups excluding carboxylic acids is 1. The maximum atomic E-state index is 12.1. The first-order chi connectivity index (χ1) is 8.83. The van der Waals surface area contributed by atoms with E-state index < -0.39 is 0 Å². The first kappa shape index (κ1) is 12.4. The number of ketones is 1. The summed E-state index contributed by atoms with van der Waals surface area (Å²) in [6.45, 7) is 2.91. The van der Waals surface area contributed by atoms with Crippen LogP contribution < -0.4 is 0 Å². The van der Waals surface area contributed by atoms with Gasteiger partial charge in [-0.05, 0) is 42.7 Å². The van der Waals surface area contributed by atoms with E-state index in [4.69, 9.17) is 0 Å². The molecule has 0 bridgehead atoms. The molecule has 2 unspecified atom stereocenters. The van der Waals surface area contributed by atoms with Crippen LogP contribution in [0.15, 0.2) is 17.5 Å². The molecule has 3 rings (SSSR count). The van der Waals surface area contributed by atoms with E-state index in [2.05, 4.69) is 4.90 Å². The fourth-order valence-corrected chi connectivity index (χ4v) is 4.19. The normalized spacial score (nSPS) is 28.9. The second-order valence-electron chi connectivity index (χ2n) is 5.73. The number of likely N-dealkylation sites (tertiary alicyclic amines) is 1.